The van der Waals surface area contributed by atoms with Crippen molar-refractivity contribution in [2.75, 3.05) is 19.6 Å². The van der Waals surface area contributed by atoms with Crippen molar-refractivity contribution in [3.05, 3.63) is 0 Å². The van der Waals surface area contributed by atoms with Gasteiger partial charge in [-0.2, -0.15) is 0 Å². The predicted octanol–water partition coefficient (Wildman–Crippen LogP) is 1.36. The Morgan fingerprint density at radius 3 is 2.60 bits per heavy atom. The molecule has 0 aromatic heterocycles. The molecule has 0 spiro atoms. The van der Waals surface area contributed by atoms with E-state index in [1.807, 2.05) is 0 Å². The van der Waals surface area contributed by atoms with Gasteiger partial charge in [-0.15, -0.1) is 0 Å². The Morgan fingerprint density at radius 1 is 0.900 bits per heavy atom. The zero-order chi connectivity index (χ0) is 13.5. The van der Waals surface area contributed by atoms with Crippen molar-refractivity contribution in [2.45, 2.75) is 75.5 Å². The zero-order valence-corrected chi connectivity index (χ0v) is 12.4. The van der Waals surface area contributed by atoms with E-state index in [1.54, 1.807) is 0 Å². The van der Waals surface area contributed by atoms with Crippen molar-refractivity contribution in [1.82, 2.24) is 15.1 Å². The molecule has 1 aliphatic carbocycles. The van der Waals surface area contributed by atoms with Gasteiger partial charge in [-0.05, 0) is 57.9 Å². The maximum atomic E-state index is 12.7. The van der Waals surface area contributed by atoms with Gasteiger partial charge in [0.05, 0.1) is 6.04 Å². The summed E-state index contributed by atoms with van der Waals surface area (Å²) in [6.07, 6.45) is 9.89. The Labute approximate surface area is 121 Å². The van der Waals surface area contributed by atoms with Crippen molar-refractivity contribution >= 4 is 5.91 Å². The third kappa shape index (κ3) is 2.48. The molecule has 3 heterocycles. The molecule has 1 amide bonds. The quantitative estimate of drug-likeness (QED) is 0.846. The first-order valence-corrected chi connectivity index (χ1v) is 8.62. The van der Waals surface area contributed by atoms with E-state index in [0.717, 1.165) is 19.0 Å². The van der Waals surface area contributed by atoms with Crippen LogP contribution in [-0.4, -0.2) is 59.5 Å². The number of nitrogens with zero attached hydrogens (tertiary/aromatic N) is 2. The number of amides is 1. The summed E-state index contributed by atoms with van der Waals surface area (Å²) >= 11 is 0. The Morgan fingerprint density at radius 2 is 1.75 bits per heavy atom. The Balaban J connectivity index is 1.40. The summed E-state index contributed by atoms with van der Waals surface area (Å²) in [4.78, 5) is 17.6. The molecular weight excluding hydrogens is 250 g/mol. The lowest BCUT2D eigenvalue weighted by Crippen LogP contribution is -2.57. The molecule has 0 aromatic carbocycles. The van der Waals surface area contributed by atoms with Crippen LogP contribution in [0.5, 0.6) is 0 Å². The third-order valence-corrected chi connectivity index (χ3v) is 5.72. The second-order valence-electron chi connectivity index (χ2n) is 7.18. The summed E-state index contributed by atoms with van der Waals surface area (Å²) in [5, 5.41) is 3.56. The molecule has 0 aromatic rings. The third-order valence-electron chi connectivity index (χ3n) is 5.72. The van der Waals surface area contributed by atoms with Gasteiger partial charge in [0.25, 0.3) is 0 Å². The Hall–Kier alpha value is -0.610. The molecule has 4 heteroatoms. The van der Waals surface area contributed by atoms with E-state index in [0.29, 0.717) is 18.0 Å². The first-order valence-electron chi connectivity index (χ1n) is 8.62. The molecule has 3 aliphatic heterocycles. The second kappa shape index (κ2) is 5.30. The molecule has 112 valence electrons. The maximum Gasteiger partial charge on any atom is 0.239 e. The number of carbonyl (C=O) groups excluding carboxylic acids is 1. The predicted molar refractivity (Wildman–Crippen MR) is 78.5 cm³/mol. The highest BCUT2D eigenvalue weighted by molar-refractivity contribution is 5.83. The van der Waals surface area contributed by atoms with E-state index >= 15 is 0 Å². The summed E-state index contributed by atoms with van der Waals surface area (Å²) in [7, 11) is 0. The van der Waals surface area contributed by atoms with Gasteiger partial charge in [0.15, 0.2) is 0 Å². The molecule has 3 saturated heterocycles. The van der Waals surface area contributed by atoms with Crippen LogP contribution < -0.4 is 5.32 Å². The molecule has 4 nitrogen and oxygen atoms in total. The highest BCUT2D eigenvalue weighted by Crippen LogP contribution is 2.31. The largest absolute Gasteiger partial charge is 0.338 e. The molecule has 3 unspecified atom stereocenters. The Bertz CT molecular complexity index is 382. The van der Waals surface area contributed by atoms with Crippen LogP contribution in [0, 0.1) is 0 Å². The molecule has 0 bridgehead atoms. The smallest absolute Gasteiger partial charge is 0.239 e. The molecule has 3 atom stereocenters. The first-order chi connectivity index (χ1) is 9.81. The lowest BCUT2D eigenvalue weighted by molar-refractivity contribution is -0.140. The summed E-state index contributed by atoms with van der Waals surface area (Å²) in [5.74, 6) is 0.402. The number of likely N-dealkylation sites (tertiary alicyclic amines) is 1. The lowest BCUT2D eigenvalue weighted by Gasteiger charge is -2.44. The highest BCUT2D eigenvalue weighted by Gasteiger charge is 2.40. The molecular formula is C16H27N3O. The molecule has 1 saturated carbocycles. The fourth-order valence-corrected chi connectivity index (χ4v) is 4.44. The highest BCUT2D eigenvalue weighted by atomic mass is 16.2. The number of carbonyl (C=O) groups is 1. The van der Waals surface area contributed by atoms with Crippen molar-refractivity contribution in [2.24, 2.45) is 0 Å². The van der Waals surface area contributed by atoms with Crippen LogP contribution in [0.15, 0.2) is 0 Å². The van der Waals surface area contributed by atoms with Crippen LogP contribution in [0.1, 0.15) is 51.4 Å². The van der Waals surface area contributed by atoms with Gasteiger partial charge >= 0.3 is 0 Å². The van der Waals surface area contributed by atoms with Crippen LogP contribution >= 0.6 is 0 Å². The monoisotopic (exact) mass is 277 g/mol. The first kappa shape index (κ1) is 13.1. The average molecular weight is 277 g/mol. The second-order valence-corrected chi connectivity index (χ2v) is 7.18. The van der Waals surface area contributed by atoms with Gasteiger partial charge < -0.3 is 15.1 Å². The minimum absolute atomic E-state index is 0.123. The van der Waals surface area contributed by atoms with E-state index in [2.05, 4.69) is 15.1 Å². The van der Waals surface area contributed by atoms with Gasteiger partial charge in [0, 0.05) is 31.2 Å². The van der Waals surface area contributed by atoms with E-state index in [-0.39, 0.29) is 6.04 Å². The molecule has 4 fully saturated rings. The molecule has 1 N–H and O–H groups in total. The van der Waals surface area contributed by atoms with Gasteiger partial charge in [0.2, 0.25) is 5.91 Å². The number of fused-ring (bicyclic) bond motifs is 1. The van der Waals surface area contributed by atoms with E-state index in [9.17, 15) is 4.79 Å². The number of nitrogens with one attached hydrogen (secondary N) is 1. The molecule has 4 aliphatic rings. The summed E-state index contributed by atoms with van der Waals surface area (Å²) in [5.41, 5.74) is 0. The fraction of sp³-hybridized carbons (Fsp3) is 0.938. The molecule has 20 heavy (non-hydrogen) atoms. The number of piperidine rings is 2. The van der Waals surface area contributed by atoms with E-state index < -0.39 is 0 Å². The van der Waals surface area contributed by atoms with E-state index in [1.165, 1.54) is 58.0 Å². The van der Waals surface area contributed by atoms with Crippen LogP contribution in [-0.2, 0) is 4.79 Å². The van der Waals surface area contributed by atoms with Crippen LogP contribution in [0.2, 0.25) is 0 Å². The molecule has 4 rings (SSSR count). The topological polar surface area (TPSA) is 35.6 Å². The minimum atomic E-state index is 0.123. The summed E-state index contributed by atoms with van der Waals surface area (Å²) in [6, 6.07) is 2.04. The van der Waals surface area contributed by atoms with Crippen LogP contribution in [0.3, 0.4) is 0 Å². The average Bonchev–Trinajstić information content (AvgIpc) is 3.15. The fourth-order valence-electron chi connectivity index (χ4n) is 4.44. The summed E-state index contributed by atoms with van der Waals surface area (Å²) in [6.45, 7) is 3.50. The number of hydrogen-bond acceptors (Lipinski definition) is 3. The molecule has 0 radical (unpaired) electrons. The van der Waals surface area contributed by atoms with Crippen LogP contribution in [0.4, 0.5) is 0 Å². The van der Waals surface area contributed by atoms with Crippen LogP contribution in [0.25, 0.3) is 0 Å². The van der Waals surface area contributed by atoms with Gasteiger partial charge in [0.1, 0.15) is 0 Å². The van der Waals surface area contributed by atoms with Gasteiger partial charge in [-0.25, -0.2) is 0 Å². The minimum Gasteiger partial charge on any atom is -0.338 e. The van der Waals surface area contributed by atoms with Crippen molar-refractivity contribution < 1.29 is 4.79 Å². The van der Waals surface area contributed by atoms with Crippen molar-refractivity contribution in [3.63, 3.8) is 0 Å². The van der Waals surface area contributed by atoms with Gasteiger partial charge in [-0.1, -0.05) is 0 Å². The lowest BCUT2D eigenvalue weighted by atomic mass is 9.93. The van der Waals surface area contributed by atoms with E-state index in [4.69, 9.17) is 0 Å². The van der Waals surface area contributed by atoms with Gasteiger partial charge in [-0.3, -0.25) is 4.79 Å². The summed E-state index contributed by atoms with van der Waals surface area (Å²) < 4.78 is 0. The number of hydrogen-bond donors (Lipinski definition) is 1. The van der Waals surface area contributed by atoms with Crippen molar-refractivity contribution in [1.29, 1.82) is 0 Å². The SMILES string of the molecule is O=C1C(NC2CC2)CCCN1C1CCN2CCCC2C1. The maximum absolute atomic E-state index is 12.7. The standard InChI is InChI=1S/C16H27N3O/c20-16-15(17-12-5-6-12)4-2-9-19(16)14-7-10-18-8-1-3-13(18)11-14/h12-15,17H,1-11H2. The number of rotatable bonds is 3. The normalized spacial score (nSPS) is 39.1. The zero-order valence-electron chi connectivity index (χ0n) is 12.4. The Kier molecular flexibility index (Phi) is 3.47. The van der Waals surface area contributed by atoms with Crippen molar-refractivity contribution in [3.8, 4) is 0 Å².